The Labute approximate surface area is 84.8 Å². The van der Waals surface area contributed by atoms with Crippen LogP contribution in [-0.4, -0.2) is 62.2 Å². The minimum atomic E-state index is 0.0195. The van der Waals surface area contributed by atoms with Crippen LogP contribution in [0.1, 0.15) is 6.42 Å². The summed E-state index contributed by atoms with van der Waals surface area (Å²) in [6, 6.07) is 0. The van der Waals surface area contributed by atoms with Crippen molar-refractivity contribution >= 4 is 0 Å². The largest absolute Gasteiger partial charge is 0.394 e. The third-order valence-corrected chi connectivity index (χ3v) is 2.97. The van der Waals surface area contributed by atoms with Gasteiger partial charge in [0.1, 0.15) is 0 Å². The average molecular weight is 201 g/mol. The van der Waals surface area contributed by atoms with Gasteiger partial charge in [-0.25, -0.2) is 0 Å². The van der Waals surface area contributed by atoms with Crippen LogP contribution >= 0.6 is 0 Å². The van der Waals surface area contributed by atoms with Gasteiger partial charge in [-0.3, -0.25) is 4.90 Å². The molecular weight excluding hydrogens is 182 g/mol. The molecule has 2 heterocycles. The molecule has 4 nitrogen and oxygen atoms in total. The van der Waals surface area contributed by atoms with Gasteiger partial charge < -0.3 is 14.6 Å². The van der Waals surface area contributed by atoms with E-state index in [1.807, 2.05) is 0 Å². The van der Waals surface area contributed by atoms with Crippen LogP contribution in [0.2, 0.25) is 0 Å². The fourth-order valence-electron chi connectivity index (χ4n) is 2.15. The van der Waals surface area contributed by atoms with Crippen molar-refractivity contribution in [3.63, 3.8) is 0 Å². The van der Waals surface area contributed by atoms with Gasteiger partial charge >= 0.3 is 0 Å². The third-order valence-electron chi connectivity index (χ3n) is 2.97. The summed E-state index contributed by atoms with van der Waals surface area (Å²) in [5, 5.41) is 8.99. The van der Waals surface area contributed by atoms with E-state index in [1.54, 1.807) is 0 Å². The molecule has 1 N–H and O–H groups in total. The second kappa shape index (κ2) is 5.07. The zero-order valence-electron chi connectivity index (χ0n) is 8.52. The summed E-state index contributed by atoms with van der Waals surface area (Å²) in [5.74, 6) is 0.687. The average Bonchev–Trinajstić information content (AvgIpc) is 2.71. The molecule has 2 saturated heterocycles. The van der Waals surface area contributed by atoms with Crippen molar-refractivity contribution in [1.29, 1.82) is 0 Å². The lowest BCUT2D eigenvalue weighted by molar-refractivity contribution is -0.0562. The van der Waals surface area contributed by atoms with Crippen LogP contribution in [0.15, 0.2) is 0 Å². The summed E-state index contributed by atoms with van der Waals surface area (Å²) in [6.45, 7) is 5.66. The molecule has 2 atom stereocenters. The van der Waals surface area contributed by atoms with Crippen LogP contribution in [0.5, 0.6) is 0 Å². The fraction of sp³-hybridized carbons (Fsp3) is 1.00. The SMILES string of the molecule is OC[C@H]1CN(CC2CCOC2)CCO1. The quantitative estimate of drug-likeness (QED) is 0.681. The standard InChI is InChI=1S/C10H19NO3/c12-7-10-6-11(2-4-14-10)5-9-1-3-13-8-9/h9-10,12H,1-8H2/t9?,10-/m1/s1. The Morgan fingerprint density at radius 3 is 3.00 bits per heavy atom. The Morgan fingerprint density at radius 2 is 2.29 bits per heavy atom. The zero-order chi connectivity index (χ0) is 9.80. The molecule has 2 aliphatic heterocycles. The maximum atomic E-state index is 8.99. The molecule has 0 aromatic carbocycles. The summed E-state index contributed by atoms with van der Waals surface area (Å²) < 4.78 is 10.7. The second-order valence-corrected chi connectivity index (χ2v) is 4.16. The molecule has 0 amide bonds. The molecule has 0 aliphatic carbocycles. The summed E-state index contributed by atoms with van der Waals surface area (Å²) in [6.07, 6.45) is 1.20. The molecule has 0 spiro atoms. The Balaban J connectivity index is 1.73. The summed E-state index contributed by atoms with van der Waals surface area (Å²) in [7, 11) is 0. The second-order valence-electron chi connectivity index (χ2n) is 4.16. The lowest BCUT2D eigenvalue weighted by Crippen LogP contribution is -2.45. The first-order valence-electron chi connectivity index (χ1n) is 5.41. The maximum absolute atomic E-state index is 8.99. The molecule has 0 aromatic rings. The van der Waals surface area contributed by atoms with Crippen molar-refractivity contribution in [2.45, 2.75) is 12.5 Å². The van der Waals surface area contributed by atoms with E-state index in [-0.39, 0.29) is 12.7 Å². The van der Waals surface area contributed by atoms with E-state index in [0.29, 0.717) is 5.92 Å². The summed E-state index contributed by atoms with van der Waals surface area (Å²) in [5.41, 5.74) is 0. The van der Waals surface area contributed by atoms with Crippen molar-refractivity contribution in [2.75, 3.05) is 46.1 Å². The van der Waals surface area contributed by atoms with Gasteiger partial charge in [0.25, 0.3) is 0 Å². The molecule has 2 fully saturated rings. The molecule has 1 unspecified atom stereocenters. The molecule has 4 heteroatoms. The molecule has 2 rings (SSSR count). The first-order chi connectivity index (χ1) is 6.88. The number of rotatable bonds is 3. The molecule has 0 bridgehead atoms. The van der Waals surface area contributed by atoms with Gasteiger partial charge in [-0.2, -0.15) is 0 Å². The highest BCUT2D eigenvalue weighted by molar-refractivity contribution is 4.75. The van der Waals surface area contributed by atoms with Gasteiger partial charge in [-0.05, 0) is 12.3 Å². The highest BCUT2D eigenvalue weighted by atomic mass is 16.5. The van der Waals surface area contributed by atoms with Crippen LogP contribution < -0.4 is 0 Å². The number of aliphatic hydroxyl groups excluding tert-OH is 1. The number of hydrogen-bond acceptors (Lipinski definition) is 4. The molecule has 0 aromatic heterocycles. The Kier molecular flexibility index (Phi) is 3.75. The molecule has 0 radical (unpaired) electrons. The molecule has 14 heavy (non-hydrogen) atoms. The minimum absolute atomic E-state index is 0.0195. The van der Waals surface area contributed by atoms with Crippen molar-refractivity contribution in [3.05, 3.63) is 0 Å². The highest BCUT2D eigenvalue weighted by Gasteiger charge is 2.24. The minimum Gasteiger partial charge on any atom is -0.394 e. The van der Waals surface area contributed by atoms with Gasteiger partial charge in [-0.15, -0.1) is 0 Å². The van der Waals surface area contributed by atoms with Crippen LogP contribution in [0.25, 0.3) is 0 Å². The number of morpholine rings is 1. The van der Waals surface area contributed by atoms with E-state index in [0.717, 1.165) is 39.5 Å². The van der Waals surface area contributed by atoms with Crippen molar-refractivity contribution in [2.24, 2.45) is 5.92 Å². The van der Waals surface area contributed by atoms with E-state index in [2.05, 4.69) is 4.90 Å². The number of nitrogens with zero attached hydrogens (tertiary/aromatic N) is 1. The fourth-order valence-corrected chi connectivity index (χ4v) is 2.15. The molecule has 82 valence electrons. The monoisotopic (exact) mass is 201 g/mol. The zero-order valence-corrected chi connectivity index (χ0v) is 8.52. The predicted molar refractivity (Wildman–Crippen MR) is 52.2 cm³/mol. The Morgan fingerprint density at radius 1 is 1.36 bits per heavy atom. The van der Waals surface area contributed by atoms with E-state index in [1.165, 1.54) is 6.42 Å². The summed E-state index contributed by atoms with van der Waals surface area (Å²) in [4.78, 5) is 2.38. The topological polar surface area (TPSA) is 41.9 Å². The van der Waals surface area contributed by atoms with Gasteiger partial charge in [0, 0.05) is 26.2 Å². The van der Waals surface area contributed by atoms with E-state index in [9.17, 15) is 0 Å². The van der Waals surface area contributed by atoms with E-state index in [4.69, 9.17) is 14.6 Å². The van der Waals surface area contributed by atoms with Crippen LogP contribution in [0.3, 0.4) is 0 Å². The molecule has 0 saturated carbocycles. The number of hydrogen-bond donors (Lipinski definition) is 1. The van der Waals surface area contributed by atoms with Crippen molar-refractivity contribution in [3.8, 4) is 0 Å². The smallest absolute Gasteiger partial charge is 0.0932 e. The predicted octanol–water partition coefficient (Wildman–Crippen LogP) is -0.284. The van der Waals surface area contributed by atoms with Gasteiger partial charge in [0.05, 0.1) is 25.9 Å². The highest BCUT2D eigenvalue weighted by Crippen LogP contribution is 2.15. The first kappa shape index (κ1) is 10.4. The van der Waals surface area contributed by atoms with E-state index >= 15 is 0 Å². The number of aliphatic hydroxyl groups is 1. The van der Waals surface area contributed by atoms with Crippen molar-refractivity contribution < 1.29 is 14.6 Å². The Bertz CT molecular complexity index is 171. The van der Waals surface area contributed by atoms with Crippen LogP contribution in [-0.2, 0) is 9.47 Å². The number of ether oxygens (including phenoxy) is 2. The van der Waals surface area contributed by atoms with Crippen LogP contribution in [0.4, 0.5) is 0 Å². The first-order valence-corrected chi connectivity index (χ1v) is 5.41. The van der Waals surface area contributed by atoms with Gasteiger partial charge in [-0.1, -0.05) is 0 Å². The molecule has 2 aliphatic rings. The van der Waals surface area contributed by atoms with E-state index < -0.39 is 0 Å². The lowest BCUT2D eigenvalue weighted by atomic mass is 10.1. The summed E-state index contributed by atoms with van der Waals surface area (Å²) >= 11 is 0. The van der Waals surface area contributed by atoms with Gasteiger partial charge in [0.2, 0.25) is 0 Å². The van der Waals surface area contributed by atoms with Gasteiger partial charge in [0.15, 0.2) is 0 Å². The maximum Gasteiger partial charge on any atom is 0.0932 e. The third kappa shape index (κ3) is 2.67. The Hall–Kier alpha value is -0.160. The molecular formula is C10H19NO3. The van der Waals surface area contributed by atoms with Crippen molar-refractivity contribution in [1.82, 2.24) is 4.90 Å². The normalized spacial score (nSPS) is 34.9. The lowest BCUT2D eigenvalue weighted by Gasteiger charge is -2.33. The van der Waals surface area contributed by atoms with Crippen LogP contribution in [0, 0.1) is 5.92 Å².